The van der Waals surface area contributed by atoms with Crippen LogP contribution in [0.15, 0.2) is 72.8 Å². The van der Waals surface area contributed by atoms with Crippen LogP contribution in [-0.2, 0) is 0 Å². The number of hydrogen-bond acceptors (Lipinski definition) is 2. The third kappa shape index (κ3) is 2.33. The quantitative estimate of drug-likeness (QED) is 0.462. The van der Waals surface area contributed by atoms with Crippen LogP contribution >= 0.6 is 0 Å². The van der Waals surface area contributed by atoms with Crippen LogP contribution in [0, 0.1) is 11.8 Å². The van der Waals surface area contributed by atoms with E-state index in [0.717, 1.165) is 22.3 Å². The molecule has 0 unspecified atom stereocenters. The van der Waals surface area contributed by atoms with Gasteiger partial charge in [0.1, 0.15) is 0 Å². The topological polar surface area (TPSA) is 34.1 Å². The van der Waals surface area contributed by atoms with Crippen molar-refractivity contribution in [3.05, 3.63) is 95.1 Å². The molecule has 0 N–H and O–H groups in total. The minimum absolute atomic E-state index is 0.429. The number of Topliss-reactive ketones (excluding diaryl/α,β-unsaturated/α-hetero) is 2. The Kier molecular flexibility index (Phi) is 3.33. The molecule has 0 amide bonds. The lowest BCUT2D eigenvalue weighted by molar-refractivity contribution is 0.0815. The lowest BCUT2D eigenvalue weighted by atomic mass is 9.83. The third-order valence-electron chi connectivity index (χ3n) is 4.06. The highest BCUT2D eigenvalue weighted by Gasteiger charge is 2.29. The van der Waals surface area contributed by atoms with Gasteiger partial charge in [-0.3, -0.25) is 9.59 Å². The molecule has 0 bridgehead atoms. The van der Waals surface area contributed by atoms with Gasteiger partial charge < -0.3 is 0 Å². The second kappa shape index (κ2) is 5.64. The summed E-state index contributed by atoms with van der Waals surface area (Å²) in [6.07, 6.45) is 0. The van der Waals surface area contributed by atoms with Gasteiger partial charge in [-0.1, -0.05) is 60.4 Å². The van der Waals surface area contributed by atoms with Gasteiger partial charge in [-0.15, -0.1) is 0 Å². The summed E-state index contributed by atoms with van der Waals surface area (Å²) in [6.45, 7) is 0. The molecule has 0 radical (unpaired) electrons. The number of carbonyl (C=O) groups is 2. The van der Waals surface area contributed by atoms with Gasteiger partial charge in [0, 0.05) is 22.3 Å². The number of rotatable bonds is 0. The Balaban J connectivity index is 1.81. The molecule has 0 atom stereocenters. The molecule has 0 heterocycles. The molecule has 0 aromatic heterocycles. The highest BCUT2D eigenvalue weighted by molar-refractivity contribution is 6.53. The lowest BCUT2D eigenvalue weighted by Gasteiger charge is -2.17. The minimum atomic E-state index is -0.466. The largest absolute Gasteiger partial charge is 0.285 e. The third-order valence-corrected chi connectivity index (χ3v) is 4.06. The van der Waals surface area contributed by atoms with Crippen LogP contribution < -0.4 is 0 Å². The van der Waals surface area contributed by atoms with Crippen molar-refractivity contribution in [3.63, 3.8) is 0 Å². The average Bonchev–Trinajstić information content (AvgIpc) is 2.65. The minimum Gasteiger partial charge on any atom is -0.285 e. The fourth-order valence-corrected chi connectivity index (χ4v) is 2.87. The molecule has 3 aromatic carbocycles. The smallest absolute Gasteiger partial charge is 0.234 e. The number of fused-ring (bicyclic) bond motifs is 3. The number of benzene rings is 3. The molecule has 112 valence electrons. The number of hydrogen-bond donors (Lipinski definition) is 0. The van der Waals surface area contributed by atoms with Crippen molar-refractivity contribution in [3.8, 4) is 23.0 Å². The molecule has 0 saturated heterocycles. The zero-order valence-electron chi connectivity index (χ0n) is 12.7. The summed E-state index contributed by atoms with van der Waals surface area (Å²) in [6, 6.07) is 22.3. The fourth-order valence-electron chi connectivity index (χ4n) is 2.87. The molecule has 2 nitrogen and oxygen atoms in total. The van der Waals surface area contributed by atoms with Crippen molar-refractivity contribution < 1.29 is 9.59 Å². The van der Waals surface area contributed by atoms with E-state index in [2.05, 4.69) is 11.8 Å². The van der Waals surface area contributed by atoms with Crippen molar-refractivity contribution in [2.24, 2.45) is 0 Å². The molecule has 2 heteroatoms. The van der Waals surface area contributed by atoms with Gasteiger partial charge in [-0.05, 0) is 35.4 Å². The normalized spacial score (nSPS) is 12.0. The van der Waals surface area contributed by atoms with Crippen LogP contribution in [0.3, 0.4) is 0 Å². The molecule has 0 aliphatic heterocycles. The van der Waals surface area contributed by atoms with Crippen LogP contribution in [0.4, 0.5) is 0 Å². The van der Waals surface area contributed by atoms with Gasteiger partial charge >= 0.3 is 0 Å². The Hall–Kier alpha value is -3.44. The standard InChI is InChI=1S/C22H12O2/c23-21-19-9-5-4-8-17(19)18-13-12-16(14-20(18)22(21)24)11-10-15-6-2-1-3-7-15/h1-9,12-14H. The second-order valence-corrected chi connectivity index (χ2v) is 5.58. The van der Waals surface area contributed by atoms with Crippen molar-refractivity contribution in [1.29, 1.82) is 0 Å². The molecule has 0 spiro atoms. The van der Waals surface area contributed by atoms with Crippen molar-refractivity contribution in [2.75, 3.05) is 0 Å². The van der Waals surface area contributed by atoms with E-state index < -0.39 is 11.6 Å². The first-order chi connectivity index (χ1) is 11.7. The Labute approximate surface area is 139 Å². The summed E-state index contributed by atoms with van der Waals surface area (Å²) in [7, 11) is 0. The molecule has 3 aromatic rings. The molecule has 24 heavy (non-hydrogen) atoms. The van der Waals surface area contributed by atoms with Crippen LogP contribution in [0.5, 0.6) is 0 Å². The van der Waals surface area contributed by atoms with Crippen LogP contribution in [0.2, 0.25) is 0 Å². The Bertz CT molecular complexity index is 1030. The van der Waals surface area contributed by atoms with E-state index >= 15 is 0 Å². The average molecular weight is 308 g/mol. The molecular weight excluding hydrogens is 296 g/mol. The highest BCUT2D eigenvalue weighted by Crippen LogP contribution is 2.33. The predicted molar refractivity (Wildman–Crippen MR) is 93.0 cm³/mol. The van der Waals surface area contributed by atoms with Crippen LogP contribution in [0.25, 0.3) is 11.1 Å². The number of carbonyl (C=O) groups excluding carboxylic acids is 2. The molecule has 4 rings (SSSR count). The van der Waals surface area contributed by atoms with Crippen molar-refractivity contribution in [1.82, 2.24) is 0 Å². The van der Waals surface area contributed by atoms with Crippen molar-refractivity contribution >= 4 is 11.6 Å². The van der Waals surface area contributed by atoms with E-state index in [9.17, 15) is 9.59 Å². The van der Waals surface area contributed by atoms with E-state index in [1.54, 1.807) is 18.2 Å². The maximum atomic E-state index is 12.4. The van der Waals surface area contributed by atoms with Crippen molar-refractivity contribution in [2.45, 2.75) is 0 Å². The molecule has 0 saturated carbocycles. The van der Waals surface area contributed by atoms with Gasteiger partial charge in [-0.2, -0.15) is 0 Å². The fraction of sp³-hybridized carbons (Fsp3) is 0. The first-order valence-electron chi connectivity index (χ1n) is 7.63. The summed E-state index contributed by atoms with van der Waals surface area (Å²) in [5.74, 6) is 5.21. The lowest BCUT2D eigenvalue weighted by Crippen LogP contribution is -2.21. The van der Waals surface area contributed by atoms with Gasteiger partial charge in [0.15, 0.2) is 0 Å². The first kappa shape index (κ1) is 14.2. The highest BCUT2D eigenvalue weighted by atomic mass is 16.2. The number of ketones is 2. The molecule has 0 fully saturated rings. The van der Waals surface area contributed by atoms with Crippen LogP contribution in [0.1, 0.15) is 31.8 Å². The summed E-state index contributed by atoms with van der Waals surface area (Å²) >= 11 is 0. The van der Waals surface area contributed by atoms with E-state index in [4.69, 9.17) is 0 Å². The van der Waals surface area contributed by atoms with E-state index in [1.165, 1.54) is 0 Å². The Morgan fingerprint density at radius 3 is 1.88 bits per heavy atom. The first-order valence-corrected chi connectivity index (χ1v) is 7.63. The molecule has 1 aliphatic carbocycles. The predicted octanol–water partition coefficient (Wildman–Crippen LogP) is 4.13. The van der Waals surface area contributed by atoms with E-state index in [0.29, 0.717) is 11.1 Å². The molecule has 1 aliphatic rings. The zero-order valence-corrected chi connectivity index (χ0v) is 12.7. The monoisotopic (exact) mass is 308 g/mol. The van der Waals surface area contributed by atoms with E-state index in [-0.39, 0.29) is 0 Å². The summed E-state index contributed by atoms with van der Waals surface area (Å²) in [5, 5.41) is 0. The van der Waals surface area contributed by atoms with Gasteiger partial charge in [0.25, 0.3) is 0 Å². The van der Waals surface area contributed by atoms with E-state index in [1.807, 2.05) is 54.6 Å². The summed E-state index contributed by atoms with van der Waals surface area (Å²) < 4.78 is 0. The SMILES string of the molecule is O=C1C(=O)c2cc(C#Cc3ccccc3)ccc2-c2ccccc21. The maximum absolute atomic E-state index is 12.4. The Morgan fingerprint density at radius 1 is 0.500 bits per heavy atom. The molecular formula is C22H12O2. The summed E-state index contributed by atoms with van der Waals surface area (Å²) in [4.78, 5) is 24.7. The zero-order chi connectivity index (χ0) is 16.5. The maximum Gasteiger partial charge on any atom is 0.234 e. The van der Waals surface area contributed by atoms with Crippen LogP contribution in [-0.4, -0.2) is 11.6 Å². The summed E-state index contributed by atoms with van der Waals surface area (Å²) in [5.41, 5.74) is 4.12. The second-order valence-electron chi connectivity index (χ2n) is 5.58. The van der Waals surface area contributed by atoms with Gasteiger partial charge in [-0.25, -0.2) is 0 Å². The Morgan fingerprint density at radius 2 is 1.08 bits per heavy atom. The van der Waals surface area contributed by atoms with Gasteiger partial charge in [0.2, 0.25) is 11.6 Å². The van der Waals surface area contributed by atoms with Gasteiger partial charge in [0.05, 0.1) is 0 Å².